The number of benzene rings is 1. The largest absolute Gasteiger partial charge is 0.497 e. The standard InChI is InChI=1S/C14H21NO2/c1-10(16-2)9-15-14-7-5-11-4-6-12(17-3)8-13(11)14/h4,6,8,10,14-15H,5,7,9H2,1-3H3. The first-order valence-corrected chi connectivity index (χ1v) is 6.17. The Morgan fingerprint density at radius 1 is 1.41 bits per heavy atom. The molecular weight excluding hydrogens is 214 g/mol. The Labute approximate surface area is 103 Å². The van der Waals surface area contributed by atoms with E-state index in [0.29, 0.717) is 6.04 Å². The summed E-state index contributed by atoms with van der Waals surface area (Å²) < 4.78 is 10.5. The molecule has 0 saturated heterocycles. The molecule has 0 heterocycles. The van der Waals surface area contributed by atoms with Crippen LogP contribution in [0.3, 0.4) is 0 Å². The summed E-state index contributed by atoms with van der Waals surface area (Å²) in [4.78, 5) is 0. The summed E-state index contributed by atoms with van der Waals surface area (Å²) in [6.45, 7) is 2.96. The smallest absolute Gasteiger partial charge is 0.119 e. The summed E-state index contributed by atoms with van der Waals surface area (Å²) in [6, 6.07) is 6.81. The van der Waals surface area contributed by atoms with Crippen LogP contribution in [-0.2, 0) is 11.2 Å². The zero-order valence-electron chi connectivity index (χ0n) is 10.8. The lowest BCUT2D eigenvalue weighted by atomic mass is 10.1. The number of aryl methyl sites for hydroxylation is 1. The van der Waals surface area contributed by atoms with Gasteiger partial charge in [0.1, 0.15) is 5.75 Å². The lowest BCUT2D eigenvalue weighted by Crippen LogP contribution is -2.28. The zero-order chi connectivity index (χ0) is 12.3. The number of rotatable bonds is 5. The molecule has 0 amide bonds. The average Bonchev–Trinajstić information content (AvgIpc) is 2.78. The first-order chi connectivity index (χ1) is 8.24. The topological polar surface area (TPSA) is 30.5 Å². The van der Waals surface area contributed by atoms with Crippen molar-refractivity contribution in [2.75, 3.05) is 20.8 Å². The van der Waals surface area contributed by atoms with E-state index in [1.165, 1.54) is 17.5 Å². The average molecular weight is 235 g/mol. The van der Waals surface area contributed by atoms with E-state index in [4.69, 9.17) is 9.47 Å². The van der Waals surface area contributed by atoms with E-state index in [-0.39, 0.29) is 6.10 Å². The molecule has 1 aromatic carbocycles. The molecule has 1 N–H and O–H groups in total. The van der Waals surface area contributed by atoms with E-state index in [9.17, 15) is 0 Å². The van der Waals surface area contributed by atoms with Gasteiger partial charge < -0.3 is 14.8 Å². The van der Waals surface area contributed by atoms with Crippen LogP contribution in [0.15, 0.2) is 18.2 Å². The van der Waals surface area contributed by atoms with Crippen LogP contribution in [0.25, 0.3) is 0 Å². The van der Waals surface area contributed by atoms with Crippen LogP contribution < -0.4 is 10.1 Å². The highest BCUT2D eigenvalue weighted by Gasteiger charge is 2.22. The van der Waals surface area contributed by atoms with Gasteiger partial charge in [0.05, 0.1) is 13.2 Å². The van der Waals surface area contributed by atoms with Gasteiger partial charge in [0, 0.05) is 19.7 Å². The molecule has 0 fully saturated rings. The second-order valence-corrected chi connectivity index (χ2v) is 4.61. The van der Waals surface area contributed by atoms with Crippen molar-refractivity contribution in [2.24, 2.45) is 0 Å². The molecule has 1 aliphatic rings. The summed E-state index contributed by atoms with van der Waals surface area (Å²) in [5.74, 6) is 0.942. The minimum Gasteiger partial charge on any atom is -0.497 e. The molecule has 0 spiro atoms. The highest BCUT2D eigenvalue weighted by atomic mass is 16.5. The fourth-order valence-corrected chi connectivity index (χ4v) is 2.31. The van der Waals surface area contributed by atoms with Gasteiger partial charge in [-0.3, -0.25) is 0 Å². The number of hydrogen-bond acceptors (Lipinski definition) is 3. The predicted molar refractivity (Wildman–Crippen MR) is 68.5 cm³/mol. The molecule has 2 atom stereocenters. The first-order valence-electron chi connectivity index (χ1n) is 6.17. The van der Waals surface area contributed by atoms with Gasteiger partial charge >= 0.3 is 0 Å². The van der Waals surface area contributed by atoms with Gasteiger partial charge in [0.25, 0.3) is 0 Å². The Balaban J connectivity index is 2.04. The van der Waals surface area contributed by atoms with Crippen LogP contribution in [0.1, 0.15) is 30.5 Å². The van der Waals surface area contributed by atoms with Gasteiger partial charge in [-0.1, -0.05) is 6.07 Å². The Kier molecular flexibility index (Phi) is 4.02. The van der Waals surface area contributed by atoms with E-state index in [0.717, 1.165) is 18.7 Å². The molecule has 2 rings (SSSR count). The van der Waals surface area contributed by atoms with Crippen molar-refractivity contribution in [1.82, 2.24) is 5.32 Å². The summed E-state index contributed by atoms with van der Waals surface area (Å²) in [5.41, 5.74) is 2.82. The lowest BCUT2D eigenvalue weighted by molar-refractivity contribution is 0.114. The highest BCUT2D eigenvalue weighted by molar-refractivity contribution is 5.40. The predicted octanol–water partition coefficient (Wildman–Crippen LogP) is 2.31. The Morgan fingerprint density at radius 2 is 2.24 bits per heavy atom. The molecule has 3 nitrogen and oxygen atoms in total. The first kappa shape index (κ1) is 12.4. The van der Waals surface area contributed by atoms with Crippen molar-refractivity contribution in [3.05, 3.63) is 29.3 Å². The van der Waals surface area contributed by atoms with E-state index in [1.807, 2.05) is 6.07 Å². The van der Waals surface area contributed by atoms with Crippen molar-refractivity contribution in [1.29, 1.82) is 0 Å². The van der Waals surface area contributed by atoms with Crippen molar-refractivity contribution in [3.63, 3.8) is 0 Å². The third-order valence-electron chi connectivity index (χ3n) is 3.48. The van der Waals surface area contributed by atoms with Gasteiger partial charge in [-0.25, -0.2) is 0 Å². The van der Waals surface area contributed by atoms with E-state index < -0.39 is 0 Å². The molecule has 0 aliphatic heterocycles. The maximum Gasteiger partial charge on any atom is 0.119 e. The Hall–Kier alpha value is -1.06. The molecule has 17 heavy (non-hydrogen) atoms. The monoisotopic (exact) mass is 235 g/mol. The van der Waals surface area contributed by atoms with Crippen molar-refractivity contribution in [2.45, 2.75) is 31.9 Å². The molecule has 2 unspecified atom stereocenters. The van der Waals surface area contributed by atoms with E-state index >= 15 is 0 Å². The number of ether oxygens (including phenoxy) is 2. The fraction of sp³-hybridized carbons (Fsp3) is 0.571. The van der Waals surface area contributed by atoms with Crippen LogP contribution >= 0.6 is 0 Å². The summed E-state index contributed by atoms with van der Waals surface area (Å²) >= 11 is 0. The molecule has 0 aromatic heterocycles. The molecule has 0 bridgehead atoms. The molecule has 3 heteroatoms. The Bertz CT molecular complexity index is 378. The number of nitrogens with one attached hydrogen (secondary N) is 1. The highest BCUT2D eigenvalue weighted by Crippen LogP contribution is 2.33. The fourth-order valence-electron chi connectivity index (χ4n) is 2.31. The third kappa shape index (κ3) is 2.79. The second-order valence-electron chi connectivity index (χ2n) is 4.61. The third-order valence-corrected chi connectivity index (χ3v) is 3.48. The van der Waals surface area contributed by atoms with E-state index in [2.05, 4.69) is 24.4 Å². The minimum atomic E-state index is 0.254. The summed E-state index contributed by atoms with van der Waals surface area (Å²) in [5, 5.41) is 3.56. The lowest BCUT2D eigenvalue weighted by Gasteiger charge is -2.17. The van der Waals surface area contributed by atoms with Crippen LogP contribution in [0.4, 0.5) is 0 Å². The van der Waals surface area contributed by atoms with Crippen LogP contribution in [-0.4, -0.2) is 26.9 Å². The van der Waals surface area contributed by atoms with Gasteiger partial charge in [-0.15, -0.1) is 0 Å². The molecule has 0 saturated carbocycles. The summed E-state index contributed by atoms with van der Waals surface area (Å²) in [6.07, 6.45) is 2.57. The summed E-state index contributed by atoms with van der Waals surface area (Å²) in [7, 11) is 3.46. The number of hydrogen-bond donors (Lipinski definition) is 1. The van der Waals surface area contributed by atoms with Crippen molar-refractivity contribution >= 4 is 0 Å². The molecule has 1 aliphatic carbocycles. The Morgan fingerprint density at radius 3 is 2.94 bits per heavy atom. The number of fused-ring (bicyclic) bond motifs is 1. The normalized spacial score (nSPS) is 20.1. The molecule has 1 aromatic rings. The quantitative estimate of drug-likeness (QED) is 0.849. The van der Waals surface area contributed by atoms with Crippen LogP contribution in [0.5, 0.6) is 5.75 Å². The van der Waals surface area contributed by atoms with Crippen LogP contribution in [0, 0.1) is 0 Å². The molecular formula is C14H21NO2. The maximum atomic E-state index is 5.28. The van der Waals surface area contributed by atoms with Gasteiger partial charge in [-0.05, 0) is 43.0 Å². The van der Waals surface area contributed by atoms with Gasteiger partial charge in [0.2, 0.25) is 0 Å². The maximum absolute atomic E-state index is 5.28. The number of methoxy groups -OCH3 is 2. The van der Waals surface area contributed by atoms with E-state index in [1.54, 1.807) is 14.2 Å². The second kappa shape index (κ2) is 5.52. The van der Waals surface area contributed by atoms with Gasteiger partial charge in [0.15, 0.2) is 0 Å². The SMILES string of the molecule is COc1ccc2c(c1)C(NCC(C)OC)CC2. The van der Waals surface area contributed by atoms with Gasteiger partial charge in [-0.2, -0.15) is 0 Å². The zero-order valence-corrected chi connectivity index (χ0v) is 10.8. The van der Waals surface area contributed by atoms with Crippen molar-refractivity contribution < 1.29 is 9.47 Å². The minimum absolute atomic E-state index is 0.254. The van der Waals surface area contributed by atoms with Crippen LogP contribution in [0.2, 0.25) is 0 Å². The molecule has 94 valence electrons. The van der Waals surface area contributed by atoms with Crippen molar-refractivity contribution in [3.8, 4) is 5.75 Å². The molecule has 0 radical (unpaired) electrons.